The van der Waals surface area contributed by atoms with Gasteiger partial charge in [-0.15, -0.1) is 0 Å². The molecule has 5 heteroatoms. The second-order valence-corrected chi connectivity index (χ2v) is 4.36. The van der Waals surface area contributed by atoms with Crippen molar-refractivity contribution in [2.24, 2.45) is 0 Å². The summed E-state index contributed by atoms with van der Waals surface area (Å²) in [5.41, 5.74) is 0.840. The molecule has 0 aliphatic carbocycles. The van der Waals surface area contributed by atoms with Crippen LogP contribution in [0.3, 0.4) is 0 Å². The van der Waals surface area contributed by atoms with Crippen LogP contribution >= 0.6 is 0 Å². The molecule has 1 aromatic heterocycles. The van der Waals surface area contributed by atoms with Gasteiger partial charge in [0.2, 0.25) is 0 Å². The predicted octanol–water partition coefficient (Wildman–Crippen LogP) is 0.0838. The Kier molecular flexibility index (Phi) is 4.32. The first kappa shape index (κ1) is 14.0. The molecule has 2 aromatic rings. The van der Waals surface area contributed by atoms with E-state index in [0.29, 0.717) is 10.7 Å². The molecule has 5 nitrogen and oxygen atoms in total. The van der Waals surface area contributed by atoms with E-state index < -0.39 is 6.04 Å². The van der Waals surface area contributed by atoms with Crippen molar-refractivity contribution < 1.29 is 9.90 Å². The smallest absolute Gasteiger partial charge is 0.287 e. The normalized spacial score (nSPS) is 13.2. The number of aromatic amines is 1. The number of H-pyrrole nitrogens is 1. The summed E-state index contributed by atoms with van der Waals surface area (Å²) in [5.74, 6) is -0.177. The summed E-state index contributed by atoms with van der Waals surface area (Å²) in [4.78, 5) is 19.1. The standard InChI is InChI=1S/C15H17N3O2/c1-3-12-10(2)16-14(17-12)15(20)18-13(9-19)11-7-5-4-6-8-11/h3-8,13,19H,2,9H2,1H3,(H,16,17)(H,18,20)/b12-3+/t13-/m1/s1. The molecule has 1 atom stereocenters. The number of hydrogen-bond acceptors (Lipinski definition) is 3. The Bertz CT molecular complexity index is 692. The van der Waals surface area contributed by atoms with Gasteiger partial charge in [-0.25, -0.2) is 4.98 Å². The number of benzene rings is 1. The van der Waals surface area contributed by atoms with Gasteiger partial charge in [-0.3, -0.25) is 4.79 Å². The van der Waals surface area contributed by atoms with E-state index in [0.717, 1.165) is 5.56 Å². The second kappa shape index (κ2) is 6.16. The maximum absolute atomic E-state index is 12.1. The van der Waals surface area contributed by atoms with E-state index in [1.54, 1.807) is 6.08 Å². The van der Waals surface area contributed by atoms with Gasteiger partial charge in [0.1, 0.15) is 0 Å². The number of aromatic nitrogens is 2. The summed E-state index contributed by atoms with van der Waals surface area (Å²) in [6.07, 6.45) is 1.77. The molecular formula is C15H17N3O2. The van der Waals surface area contributed by atoms with Crippen LogP contribution in [0.15, 0.2) is 30.3 Å². The van der Waals surface area contributed by atoms with Crippen molar-refractivity contribution in [3.8, 4) is 0 Å². The van der Waals surface area contributed by atoms with Crippen LogP contribution < -0.4 is 16.0 Å². The highest BCUT2D eigenvalue weighted by Crippen LogP contribution is 2.11. The first-order valence-corrected chi connectivity index (χ1v) is 6.33. The van der Waals surface area contributed by atoms with Gasteiger partial charge in [0.15, 0.2) is 5.82 Å². The molecule has 0 radical (unpaired) electrons. The van der Waals surface area contributed by atoms with Gasteiger partial charge in [0, 0.05) is 0 Å². The van der Waals surface area contributed by atoms with Crippen LogP contribution in [0.5, 0.6) is 0 Å². The zero-order chi connectivity index (χ0) is 14.5. The van der Waals surface area contributed by atoms with Gasteiger partial charge < -0.3 is 15.4 Å². The van der Waals surface area contributed by atoms with E-state index in [1.165, 1.54) is 0 Å². The van der Waals surface area contributed by atoms with Crippen molar-refractivity contribution in [3.63, 3.8) is 0 Å². The Morgan fingerprint density at radius 1 is 1.50 bits per heavy atom. The molecule has 1 aromatic carbocycles. The molecule has 104 valence electrons. The molecular weight excluding hydrogens is 254 g/mol. The summed E-state index contributed by atoms with van der Waals surface area (Å²) in [7, 11) is 0. The van der Waals surface area contributed by atoms with E-state index in [9.17, 15) is 9.90 Å². The zero-order valence-electron chi connectivity index (χ0n) is 11.3. The Morgan fingerprint density at radius 2 is 2.20 bits per heavy atom. The Labute approximate surface area is 116 Å². The lowest BCUT2D eigenvalue weighted by atomic mass is 10.1. The number of nitrogens with one attached hydrogen (secondary N) is 2. The molecule has 0 aliphatic rings. The Balaban J connectivity index is 2.19. The molecule has 0 saturated heterocycles. The van der Waals surface area contributed by atoms with Gasteiger partial charge in [0.05, 0.1) is 23.3 Å². The summed E-state index contributed by atoms with van der Waals surface area (Å²) in [6, 6.07) is 8.83. The minimum atomic E-state index is -0.462. The van der Waals surface area contributed by atoms with Crippen LogP contribution in [0.4, 0.5) is 0 Å². The number of carbonyl (C=O) groups is 1. The lowest BCUT2D eigenvalue weighted by Gasteiger charge is -2.15. The molecule has 0 bridgehead atoms. The summed E-state index contributed by atoms with van der Waals surface area (Å²) in [6.45, 7) is 5.42. The number of nitrogens with zero attached hydrogens (tertiary/aromatic N) is 1. The van der Waals surface area contributed by atoms with Crippen LogP contribution in [-0.2, 0) is 0 Å². The number of rotatable bonds is 4. The van der Waals surface area contributed by atoms with Crippen molar-refractivity contribution in [3.05, 3.63) is 52.4 Å². The van der Waals surface area contributed by atoms with Crippen LogP contribution in [-0.4, -0.2) is 27.6 Å². The molecule has 2 rings (SSSR count). The Morgan fingerprint density at radius 3 is 2.75 bits per heavy atom. The summed E-state index contributed by atoms with van der Waals surface area (Å²) >= 11 is 0. The van der Waals surface area contributed by atoms with Gasteiger partial charge >= 0.3 is 0 Å². The lowest BCUT2D eigenvalue weighted by molar-refractivity contribution is 0.0906. The molecule has 1 heterocycles. The number of aliphatic hydroxyl groups is 1. The minimum absolute atomic E-state index is 0.180. The predicted molar refractivity (Wildman–Crippen MR) is 77.2 cm³/mol. The fourth-order valence-corrected chi connectivity index (χ4v) is 1.92. The average Bonchev–Trinajstić information content (AvgIpc) is 2.86. The Hall–Kier alpha value is -2.40. The first-order valence-electron chi connectivity index (χ1n) is 6.33. The first-order chi connectivity index (χ1) is 9.65. The molecule has 0 fully saturated rings. The third-order valence-corrected chi connectivity index (χ3v) is 2.99. The van der Waals surface area contributed by atoms with Crippen molar-refractivity contribution in [1.29, 1.82) is 0 Å². The average molecular weight is 271 g/mol. The van der Waals surface area contributed by atoms with E-state index in [4.69, 9.17) is 0 Å². The molecule has 0 aliphatic heterocycles. The van der Waals surface area contributed by atoms with E-state index in [2.05, 4.69) is 21.9 Å². The maximum atomic E-state index is 12.1. The lowest BCUT2D eigenvalue weighted by Crippen LogP contribution is -2.31. The van der Waals surface area contributed by atoms with Crippen LogP contribution in [0.2, 0.25) is 0 Å². The third kappa shape index (κ3) is 2.95. The monoisotopic (exact) mass is 271 g/mol. The number of imidazole rings is 1. The SMILES string of the molecule is C=c1[nH]c(C(=O)N[C@H](CO)c2ccccc2)n/c1=C/C. The van der Waals surface area contributed by atoms with E-state index in [-0.39, 0.29) is 18.3 Å². The third-order valence-electron chi connectivity index (χ3n) is 2.99. The quantitative estimate of drug-likeness (QED) is 0.737. The fraction of sp³-hybridized carbons (Fsp3) is 0.200. The van der Waals surface area contributed by atoms with Gasteiger partial charge in [0.25, 0.3) is 5.91 Å². The van der Waals surface area contributed by atoms with Gasteiger partial charge in [-0.1, -0.05) is 43.0 Å². The maximum Gasteiger partial charge on any atom is 0.287 e. The number of amides is 1. The molecule has 0 spiro atoms. The highest BCUT2D eigenvalue weighted by Gasteiger charge is 2.16. The van der Waals surface area contributed by atoms with Crippen LogP contribution in [0.1, 0.15) is 29.1 Å². The van der Waals surface area contributed by atoms with Crippen molar-refractivity contribution >= 4 is 18.6 Å². The number of hydrogen-bond donors (Lipinski definition) is 3. The highest BCUT2D eigenvalue weighted by molar-refractivity contribution is 5.90. The summed E-state index contributed by atoms with van der Waals surface area (Å²) in [5, 5.41) is 13.4. The number of aliphatic hydroxyl groups excluding tert-OH is 1. The number of carbonyl (C=O) groups excluding carboxylic acids is 1. The fourth-order valence-electron chi connectivity index (χ4n) is 1.92. The molecule has 0 unspecified atom stereocenters. The molecule has 1 amide bonds. The topological polar surface area (TPSA) is 78.0 Å². The highest BCUT2D eigenvalue weighted by atomic mass is 16.3. The van der Waals surface area contributed by atoms with Gasteiger partial charge in [-0.2, -0.15) is 0 Å². The minimum Gasteiger partial charge on any atom is -0.394 e. The van der Waals surface area contributed by atoms with Crippen molar-refractivity contribution in [2.45, 2.75) is 13.0 Å². The van der Waals surface area contributed by atoms with Crippen molar-refractivity contribution in [1.82, 2.24) is 15.3 Å². The largest absolute Gasteiger partial charge is 0.394 e. The van der Waals surface area contributed by atoms with E-state index >= 15 is 0 Å². The molecule has 20 heavy (non-hydrogen) atoms. The van der Waals surface area contributed by atoms with Crippen LogP contribution in [0, 0.1) is 0 Å². The summed E-state index contributed by atoms with van der Waals surface area (Å²) < 4.78 is 0. The van der Waals surface area contributed by atoms with E-state index in [1.807, 2.05) is 37.3 Å². The molecule has 0 saturated carbocycles. The van der Waals surface area contributed by atoms with Crippen molar-refractivity contribution in [2.75, 3.05) is 6.61 Å². The van der Waals surface area contributed by atoms with Gasteiger partial charge in [-0.05, 0) is 12.5 Å². The zero-order valence-corrected chi connectivity index (χ0v) is 11.3. The molecule has 3 N–H and O–H groups in total. The van der Waals surface area contributed by atoms with Crippen LogP contribution in [0.25, 0.3) is 12.7 Å². The second-order valence-electron chi connectivity index (χ2n) is 4.36.